The van der Waals surface area contributed by atoms with Gasteiger partial charge in [-0.25, -0.2) is 0 Å². The molecule has 1 unspecified atom stereocenters. The van der Waals surface area contributed by atoms with Gasteiger partial charge in [-0.3, -0.25) is 4.79 Å². The Morgan fingerprint density at radius 3 is 2.16 bits per heavy atom. The Kier molecular flexibility index (Phi) is 7.56. The van der Waals surface area contributed by atoms with Gasteiger partial charge in [-0.2, -0.15) is 0 Å². The molecule has 0 aliphatic heterocycles. The first-order valence-corrected chi connectivity index (χ1v) is 8.78. The van der Waals surface area contributed by atoms with Gasteiger partial charge < -0.3 is 14.2 Å². The second-order valence-electron chi connectivity index (χ2n) is 5.23. The number of carbonyl (C=O) groups excluding carboxylic acids is 1. The first kappa shape index (κ1) is 19.6. The molecule has 0 aliphatic rings. The summed E-state index contributed by atoms with van der Waals surface area (Å²) in [5.74, 6) is 0.904. The minimum atomic E-state index is -0.348. The van der Waals surface area contributed by atoms with Crippen molar-refractivity contribution < 1.29 is 19.0 Å². The zero-order valence-corrected chi connectivity index (χ0v) is 15.6. The Bertz CT molecular complexity index is 681. The molecular formula is C19H20Cl2O4. The fourth-order valence-corrected chi connectivity index (χ4v) is 2.83. The van der Waals surface area contributed by atoms with Gasteiger partial charge in [0.15, 0.2) is 0 Å². The van der Waals surface area contributed by atoms with Gasteiger partial charge in [-0.15, -0.1) is 0 Å². The van der Waals surface area contributed by atoms with E-state index in [1.165, 1.54) is 0 Å². The molecule has 0 saturated carbocycles. The highest BCUT2D eigenvalue weighted by Gasteiger charge is 2.17. The van der Waals surface area contributed by atoms with E-state index in [4.69, 9.17) is 37.4 Å². The molecule has 6 heteroatoms. The zero-order chi connectivity index (χ0) is 18.2. The molecule has 4 nitrogen and oxygen atoms in total. The lowest BCUT2D eigenvalue weighted by Crippen LogP contribution is -2.13. The summed E-state index contributed by atoms with van der Waals surface area (Å²) in [7, 11) is 0. The number of ether oxygens (including phenoxy) is 3. The third kappa shape index (κ3) is 6.24. The summed E-state index contributed by atoms with van der Waals surface area (Å²) in [5.41, 5.74) is 0.881. The van der Waals surface area contributed by atoms with E-state index in [0.717, 1.165) is 5.56 Å². The summed E-state index contributed by atoms with van der Waals surface area (Å²) in [6.45, 7) is 4.52. The normalized spacial score (nSPS) is 11.8. The highest BCUT2D eigenvalue weighted by molar-refractivity contribution is 6.34. The predicted octanol–water partition coefficient (Wildman–Crippen LogP) is 5.82. The second-order valence-corrected chi connectivity index (χ2v) is 6.10. The van der Waals surface area contributed by atoms with E-state index < -0.39 is 0 Å². The number of carbonyl (C=O) groups is 1. The molecule has 0 radical (unpaired) electrons. The Balaban J connectivity index is 2.09. The summed E-state index contributed by atoms with van der Waals surface area (Å²) in [4.78, 5) is 11.7. The maximum absolute atomic E-state index is 11.7. The lowest BCUT2D eigenvalue weighted by molar-refractivity contribution is -0.146. The molecule has 0 aromatic heterocycles. The van der Waals surface area contributed by atoms with Gasteiger partial charge in [0, 0.05) is 16.7 Å². The maximum atomic E-state index is 11.7. The Morgan fingerprint density at radius 1 is 0.960 bits per heavy atom. The first-order chi connectivity index (χ1) is 12.0. The van der Waals surface area contributed by atoms with E-state index in [-0.39, 0.29) is 18.5 Å². The van der Waals surface area contributed by atoms with Crippen LogP contribution in [0, 0.1) is 0 Å². The number of benzene rings is 2. The summed E-state index contributed by atoms with van der Waals surface area (Å²) in [6.07, 6.45) is -0.176. The minimum absolute atomic E-state index is 0.172. The fourth-order valence-electron chi connectivity index (χ4n) is 2.32. The number of hydrogen-bond acceptors (Lipinski definition) is 4. The van der Waals surface area contributed by atoms with E-state index in [0.29, 0.717) is 34.8 Å². The molecule has 1 atom stereocenters. The van der Waals surface area contributed by atoms with E-state index in [1.807, 2.05) is 19.1 Å². The molecular weight excluding hydrogens is 363 g/mol. The largest absolute Gasteiger partial charge is 0.466 e. The SMILES string of the molecule is CCOC(=O)CC(OCC)c1ccc(Oc2cc(Cl)cc(Cl)c2)cc1. The van der Waals surface area contributed by atoms with Gasteiger partial charge in [0.05, 0.1) is 19.1 Å². The molecule has 2 aromatic rings. The molecule has 0 heterocycles. The molecule has 2 aromatic carbocycles. The van der Waals surface area contributed by atoms with Gasteiger partial charge >= 0.3 is 5.97 Å². The number of halogens is 2. The Labute approximate surface area is 157 Å². The summed E-state index contributed by atoms with van der Waals surface area (Å²) >= 11 is 11.9. The zero-order valence-electron chi connectivity index (χ0n) is 14.1. The van der Waals surface area contributed by atoms with Crippen LogP contribution in [0.1, 0.15) is 31.9 Å². The van der Waals surface area contributed by atoms with Crippen molar-refractivity contribution in [1.82, 2.24) is 0 Å². The highest BCUT2D eigenvalue weighted by atomic mass is 35.5. The third-order valence-electron chi connectivity index (χ3n) is 3.35. The van der Waals surface area contributed by atoms with Gasteiger partial charge in [0.1, 0.15) is 11.5 Å². The van der Waals surface area contributed by atoms with E-state index in [2.05, 4.69) is 0 Å². The topological polar surface area (TPSA) is 44.8 Å². The molecule has 25 heavy (non-hydrogen) atoms. The van der Waals surface area contributed by atoms with E-state index in [9.17, 15) is 4.79 Å². The number of hydrogen-bond donors (Lipinski definition) is 0. The average molecular weight is 383 g/mol. The van der Waals surface area contributed by atoms with Crippen molar-refractivity contribution in [2.45, 2.75) is 26.4 Å². The molecule has 0 N–H and O–H groups in total. The summed E-state index contributed by atoms with van der Waals surface area (Å²) < 4.78 is 16.4. The van der Waals surface area contributed by atoms with Crippen LogP contribution in [-0.2, 0) is 14.3 Å². The van der Waals surface area contributed by atoms with Crippen molar-refractivity contribution in [3.63, 3.8) is 0 Å². The monoisotopic (exact) mass is 382 g/mol. The van der Waals surface area contributed by atoms with E-state index >= 15 is 0 Å². The molecule has 0 spiro atoms. The molecule has 134 valence electrons. The first-order valence-electron chi connectivity index (χ1n) is 8.03. The van der Waals surface area contributed by atoms with Crippen LogP contribution in [-0.4, -0.2) is 19.2 Å². The Hall–Kier alpha value is -1.75. The van der Waals surface area contributed by atoms with Crippen LogP contribution in [0.5, 0.6) is 11.5 Å². The van der Waals surface area contributed by atoms with Crippen molar-refractivity contribution in [3.05, 3.63) is 58.1 Å². The molecule has 2 rings (SSSR count). The predicted molar refractivity (Wildman–Crippen MR) is 98.6 cm³/mol. The minimum Gasteiger partial charge on any atom is -0.466 e. The highest BCUT2D eigenvalue weighted by Crippen LogP contribution is 2.30. The van der Waals surface area contributed by atoms with Crippen LogP contribution in [0.2, 0.25) is 10.0 Å². The van der Waals surface area contributed by atoms with Crippen molar-refractivity contribution >= 4 is 29.2 Å². The summed E-state index contributed by atoms with van der Waals surface area (Å²) in [6, 6.07) is 12.3. The molecule has 0 aliphatic carbocycles. The van der Waals surface area contributed by atoms with Crippen LogP contribution < -0.4 is 4.74 Å². The van der Waals surface area contributed by atoms with Crippen LogP contribution in [0.4, 0.5) is 0 Å². The van der Waals surface area contributed by atoms with Crippen molar-refractivity contribution in [2.75, 3.05) is 13.2 Å². The molecule has 0 amide bonds. The van der Waals surface area contributed by atoms with E-state index in [1.54, 1.807) is 37.3 Å². The van der Waals surface area contributed by atoms with Crippen LogP contribution in [0.3, 0.4) is 0 Å². The van der Waals surface area contributed by atoms with Crippen LogP contribution in [0.25, 0.3) is 0 Å². The third-order valence-corrected chi connectivity index (χ3v) is 3.79. The van der Waals surface area contributed by atoms with Gasteiger partial charge in [-0.1, -0.05) is 35.3 Å². The average Bonchev–Trinajstić information content (AvgIpc) is 2.54. The standard InChI is InChI=1S/C19H20Cl2O4/c1-3-23-18(12-19(22)24-4-2)13-5-7-16(8-6-13)25-17-10-14(20)9-15(21)11-17/h5-11,18H,3-4,12H2,1-2H3. The van der Waals surface area contributed by atoms with Crippen molar-refractivity contribution in [1.29, 1.82) is 0 Å². The number of rotatable bonds is 8. The maximum Gasteiger partial charge on any atom is 0.308 e. The fraction of sp³-hybridized carbons (Fsp3) is 0.316. The quantitative estimate of drug-likeness (QED) is 0.539. The lowest BCUT2D eigenvalue weighted by Gasteiger charge is -2.17. The summed E-state index contributed by atoms with van der Waals surface area (Å²) in [5, 5.41) is 1.01. The van der Waals surface area contributed by atoms with Crippen molar-refractivity contribution in [2.24, 2.45) is 0 Å². The van der Waals surface area contributed by atoms with Gasteiger partial charge in [-0.05, 0) is 49.7 Å². The van der Waals surface area contributed by atoms with Crippen LogP contribution in [0.15, 0.2) is 42.5 Å². The smallest absolute Gasteiger partial charge is 0.308 e. The van der Waals surface area contributed by atoms with Crippen molar-refractivity contribution in [3.8, 4) is 11.5 Å². The lowest BCUT2D eigenvalue weighted by atomic mass is 10.1. The Morgan fingerprint density at radius 2 is 1.60 bits per heavy atom. The van der Waals surface area contributed by atoms with Gasteiger partial charge in [0.2, 0.25) is 0 Å². The molecule has 0 saturated heterocycles. The molecule has 0 bridgehead atoms. The molecule has 0 fully saturated rings. The van der Waals surface area contributed by atoms with Crippen LogP contribution >= 0.6 is 23.2 Å². The van der Waals surface area contributed by atoms with Gasteiger partial charge in [0.25, 0.3) is 0 Å². The number of esters is 1. The second kappa shape index (κ2) is 9.66.